The van der Waals surface area contributed by atoms with Crippen LogP contribution in [-0.2, 0) is 25.5 Å². The van der Waals surface area contributed by atoms with Crippen LogP contribution < -0.4 is 10.6 Å². The van der Waals surface area contributed by atoms with Crippen LogP contribution in [0.15, 0.2) is 35.3 Å². The third-order valence-corrected chi connectivity index (χ3v) is 4.64. The van der Waals surface area contributed by atoms with Crippen LogP contribution >= 0.6 is 0 Å². The van der Waals surface area contributed by atoms with E-state index in [9.17, 15) is 14.4 Å². The van der Waals surface area contributed by atoms with Crippen molar-refractivity contribution in [1.29, 1.82) is 0 Å². The predicted octanol–water partition coefficient (Wildman–Crippen LogP) is 1.05. The first kappa shape index (κ1) is 25.3. The Morgan fingerprint density at radius 2 is 1.90 bits per heavy atom. The highest BCUT2D eigenvalue weighted by molar-refractivity contribution is 5.88. The fourth-order valence-corrected chi connectivity index (χ4v) is 3.15. The van der Waals surface area contributed by atoms with Crippen molar-refractivity contribution in [3.05, 3.63) is 35.9 Å². The number of aliphatic imine (C=N–C) groups is 1. The van der Waals surface area contributed by atoms with Gasteiger partial charge in [-0.15, -0.1) is 0 Å². The molecule has 1 aromatic rings. The number of carbonyl (C=O) groups excluding carboxylic acids is 3. The van der Waals surface area contributed by atoms with Crippen molar-refractivity contribution in [2.24, 2.45) is 10.9 Å². The van der Waals surface area contributed by atoms with E-state index in [4.69, 9.17) is 4.74 Å². The van der Waals surface area contributed by atoms with Gasteiger partial charge < -0.3 is 20.4 Å². The Hall–Kier alpha value is -2.74. The van der Waals surface area contributed by atoms with Crippen molar-refractivity contribution in [1.82, 2.24) is 15.5 Å². The van der Waals surface area contributed by atoms with Gasteiger partial charge in [0.2, 0.25) is 11.8 Å². The summed E-state index contributed by atoms with van der Waals surface area (Å²) in [6.07, 6.45) is 3.81. The second-order valence-corrected chi connectivity index (χ2v) is 7.23. The maximum atomic E-state index is 12.6. The van der Waals surface area contributed by atoms with Gasteiger partial charge in [-0.25, -0.2) is 0 Å². The summed E-state index contributed by atoms with van der Waals surface area (Å²) >= 11 is 0. The van der Waals surface area contributed by atoms with E-state index in [1.807, 2.05) is 37.3 Å². The molecule has 166 valence electrons. The maximum absolute atomic E-state index is 12.6. The minimum Gasteiger partial charge on any atom is -0.468 e. The van der Waals surface area contributed by atoms with Gasteiger partial charge >= 0.3 is 5.97 Å². The summed E-state index contributed by atoms with van der Waals surface area (Å²) in [6.45, 7) is 2.51. The number of methoxy groups -OCH3 is 1. The third kappa shape index (κ3) is 10.2. The third-order valence-electron chi connectivity index (χ3n) is 4.64. The lowest BCUT2D eigenvalue weighted by Crippen LogP contribution is -2.50. The number of hydrogen-bond donors (Lipinski definition) is 2. The fourth-order valence-electron chi connectivity index (χ4n) is 3.15. The van der Waals surface area contributed by atoms with Gasteiger partial charge in [-0.1, -0.05) is 37.3 Å². The number of hydrogen-bond acceptors (Lipinski definition) is 6. The van der Waals surface area contributed by atoms with E-state index < -0.39 is 12.0 Å². The van der Waals surface area contributed by atoms with Gasteiger partial charge in [0.1, 0.15) is 6.04 Å². The van der Waals surface area contributed by atoms with Gasteiger partial charge in [-0.3, -0.25) is 19.3 Å². The fraction of sp³-hybridized carbons (Fsp3) is 0.545. The first-order chi connectivity index (χ1) is 14.4. The molecule has 8 nitrogen and oxygen atoms in total. The van der Waals surface area contributed by atoms with Crippen molar-refractivity contribution in [2.75, 3.05) is 40.8 Å². The number of carbonyl (C=O) groups is 3. The lowest BCUT2D eigenvalue weighted by atomic mass is 10.0. The van der Waals surface area contributed by atoms with Crippen LogP contribution in [0.2, 0.25) is 0 Å². The van der Waals surface area contributed by atoms with E-state index in [1.165, 1.54) is 19.7 Å². The molecular formula is C22H34N4O4. The first-order valence-electron chi connectivity index (χ1n) is 10.2. The van der Waals surface area contributed by atoms with Crippen molar-refractivity contribution in [3.63, 3.8) is 0 Å². The largest absolute Gasteiger partial charge is 0.468 e. The van der Waals surface area contributed by atoms with E-state index >= 15 is 0 Å². The molecule has 0 saturated heterocycles. The summed E-state index contributed by atoms with van der Waals surface area (Å²) in [4.78, 5) is 42.2. The molecule has 0 saturated carbocycles. The quantitative estimate of drug-likeness (QED) is 0.368. The van der Waals surface area contributed by atoms with E-state index in [0.29, 0.717) is 13.0 Å². The Morgan fingerprint density at radius 3 is 2.50 bits per heavy atom. The highest BCUT2D eigenvalue weighted by Gasteiger charge is 2.23. The minimum atomic E-state index is -0.667. The summed E-state index contributed by atoms with van der Waals surface area (Å²) in [7, 11) is 4.53. The normalized spacial score (nSPS) is 13.1. The molecule has 0 aliphatic carbocycles. The maximum Gasteiger partial charge on any atom is 0.319 e. The predicted molar refractivity (Wildman–Crippen MR) is 117 cm³/mol. The van der Waals surface area contributed by atoms with E-state index in [2.05, 4.69) is 15.6 Å². The molecule has 0 bridgehead atoms. The summed E-state index contributed by atoms with van der Waals surface area (Å²) in [6, 6.07) is 9.36. The Morgan fingerprint density at radius 1 is 1.20 bits per heavy atom. The Balaban J connectivity index is 2.68. The number of ether oxygens (including phenoxy) is 1. The lowest BCUT2D eigenvalue weighted by Gasteiger charge is -2.23. The molecule has 0 aliphatic rings. The number of nitrogens with zero attached hydrogens (tertiary/aromatic N) is 2. The highest BCUT2D eigenvalue weighted by atomic mass is 16.5. The van der Waals surface area contributed by atoms with Crippen molar-refractivity contribution >= 4 is 24.0 Å². The Bertz CT molecular complexity index is 694. The van der Waals surface area contributed by atoms with E-state index in [-0.39, 0.29) is 30.8 Å². The van der Waals surface area contributed by atoms with Crippen LogP contribution in [0, 0.1) is 5.92 Å². The van der Waals surface area contributed by atoms with E-state index in [0.717, 1.165) is 12.8 Å². The molecule has 2 amide bonds. The topological polar surface area (TPSA) is 100 Å². The zero-order valence-electron chi connectivity index (χ0n) is 18.4. The molecule has 0 radical (unpaired) electrons. The SMILES string of the molecule is CN=CC(C)CC(NC(=O)CN(CCCc1ccccc1)CC(=O)OC)C(=O)NC. The van der Waals surface area contributed by atoms with Gasteiger partial charge in [-0.2, -0.15) is 0 Å². The van der Waals surface area contributed by atoms with Crippen LogP contribution in [0.25, 0.3) is 0 Å². The lowest BCUT2D eigenvalue weighted by molar-refractivity contribution is -0.142. The van der Waals surface area contributed by atoms with Crippen molar-refractivity contribution in [2.45, 2.75) is 32.2 Å². The molecule has 8 heteroatoms. The second-order valence-electron chi connectivity index (χ2n) is 7.23. The zero-order chi connectivity index (χ0) is 22.4. The smallest absolute Gasteiger partial charge is 0.319 e. The summed E-state index contributed by atoms with van der Waals surface area (Å²) < 4.78 is 4.75. The molecule has 0 heterocycles. The number of rotatable bonds is 13. The molecule has 0 aliphatic heterocycles. The van der Waals surface area contributed by atoms with Crippen LogP contribution in [0.3, 0.4) is 0 Å². The molecule has 30 heavy (non-hydrogen) atoms. The summed E-state index contributed by atoms with van der Waals surface area (Å²) in [5.41, 5.74) is 1.20. The molecule has 0 spiro atoms. The monoisotopic (exact) mass is 418 g/mol. The average molecular weight is 419 g/mol. The van der Waals surface area contributed by atoms with Gasteiger partial charge in [0, 0.05) is 20.3 Å². The van der Waals surface area contributed by atoms with Crippen molar-refractivity contribution < 1.29 is 19.1 Å². The summed E-state index contributed by atoms with van der Waals surface area (Å²) in [5.74, 6) is -0.941. The second kappa shape index (κ2) is 14.3. The number of esters is 1. The Kier molecular flexibility index (Phi) is 12.0. The van der Waals surface area contributed by atoms with Gasteiger partial charge in [0.25, 0.3) is 0 Å². The molecule has 0 fully saturated rings. The molecule has 0 aromatic heterocycles. The molecular weight excluding hydrogens is 384 g/mol. The van der Waals surface area contributed by atoms with Crippen LogP contribution in [0.1, 0.15) is 25.3 Å². The van der Waals surface area contributed by atoms with Gasteiger partial charge in [0.05, 0.1) is 20.2 Å². The number of benzene rings is 1. The number of nitrogens with one attached hydrogen (secondary N) is 2. The van der Waals surface area contributed by atoms with Crippen LogP contribution in [0.5, 0.6) is 0 Å². The molecule has 2 N–H and O–H groups in total. The molecule has 2 unspecified atom stereocenters. The van der Waals surface area contributed by atoms with E-state index in [1.54, 1.807) is 18.2 Å². The number of likely N-dealkylation sites (N-methyl/N-ethyl adjacent to an activating group) is 1. The standard InChI is InChI=1S/C22H34N4O4/c1-17(14-23-2)13-19(22(29)24-3)25-20(27)15-26(16-21(28)30-4)12-8-11-18-9-6-5-7-10-18/h5-7,9-10,14,17,19H,8,11-13,15-16H2,1-4H3,(H,24,29)(H,25,27). The molecule has 1 aromatic carbocycles. The summed E-state index contributed by atoms with van der Waals surface area (Å²) in [5, 5.41) is 5.36. The average Bonchev–Trinajstić information content (AvgIpc) is 2.73. The minimum absolute atomic E-state index is 0.00757. The van der Waals surface area contributed by atoms with Crippen LogP contribution in [-0.4, -0.2) is 75.8 Å². The number of amides is 2. The number of aryl methyl sites for hydroxylation is 1. The zero-order valence-corrected chi connectivity index (χ0v) is 18.4. The van der Waals surface area contributed by atoms with Gasteiger partial charge in [-0.05, 0) is 37.3 Å². The van der Waals surface area contributed by atoms with Gasteiger partial charge in [0.15, 0.2) is 0 Å². The molecule has 1 rings (SSSR count). The van der Waals surface area contributed by atoms with Crippen LogP contribution in [0.4, 0.5) is 0 Å². The van der Waals surface area contributed by atoms with Crippen molar-refractivity contribution in [3.8, 4) is 0 Å². The molecule has 2 atom stereocenters. The first-order valence-corrected chi connectivity index (χ1v) is 10.2. The Labute approximate surface area is 179 Å². The highest BCUT2D eigenvalue weighted by Crippen LogP contribution is 2.06.